The number of rotatable bonds is 5. The number of hydrogen-bond donors (Lipinski definition) is 2. The number of para-hydroxylation sites is 1. The first-order valence-corrected chi connectivity index (χ1v) is 8.54. The third-order valence-electron chi connectivity index (χ3n) is 4.32. The van der Waals surface area contributed by atoms with Crippen LogP contribution in [-0.4, -0.2) is 30.7 Å². The van der Waals surface area contributed by atoms with E-state index < -0.39 is 0 Å². The van der Waals surface area contributed by atoms with Crippen LogP contribution in [0, 0.1) is 0 Å². The van der Waals surface area contributed by atoms with E-state index in [1.165, 1.54) is 0 Å². The van der Waals surface area contributed by atoms with Crippen LogP contribution in [0.2, 0.25) is 0 Å². The van der Waals surface area contributed by atoms with Gasteiger partial charge in [-0.25, -0.2) is 0 Å². The molecule has 2 aromatic carbocycles. The number of hydrogen-bond acceptors (Lipinski definition) is 5. The Morgan fingerprint density at radius 3 is 2.64 bits per heavy atom. The van der Waals surface area contributed by atoms with Crippen molar-refractivity contribution in [2.45, 2.75) is 32.5 Å². The van der Waals surface area contributed by atoms with Crippen molar-refractivity contribution in [3.8, 4) is 17.2 Å². The van der Waals surface area contributed by atoms with Crippen LogP contribution in [0.15, 0.2) is 47.5 Å². The van der Waals surface area contributed by atoms with E-state index >= 15 is 0 Å². The summed E-state index contributed by atoms with van der Waals surface area (Å²) in [7, 11) is 1.66. The molecule has 1 heterocycles. The zero-order valence-corrected chi connectivity index (χ0v) is 14.8. The second kappa shape index (κ2) is 7.57. The first-order valence-electron chi connectivity index (χ1n) is 8.54. The van der Waals surface area contributed by atoms with Gasteiger partial charge in [0.1, 0.15) is 5.75 Å². The Morgan fingerprint density at radius 2 is 1.96 bits per heavy atom. The van der Waals surface area contributed by atoms with E-state index in [2.05, 4.69) is 5.32 Å². The van der Waals surface area contributed by atoms with Crippen molar-refractivity contribution in [2.75, 3.05) is 13.7 Å². The summed E-state index contributed by atoms with van der Waals surface area (Å²) in [5.74, 6) is 1.54. The molecule has 0 aromatic heterocycles. The van der Waals surface area contributed by atoms with Crippen molar-refractivity contribution in [3.05, 3.63) is 53.6 Å². The van der Waals surface area contributed by atoms with Crippen LogP contribution in [-0.2, 0) is 0 Å². The summed E-state index contributed by atoms with van der Waals surface area (Å²) in [6.45, 7) is 4.44. The van der Waals surface area contributed by atoms with Gasteiger partial charge in [-0.05, 0) is 49.7 Å². The zero-order valence-electron chi connectivity index (χ0n) is 14.8. The Labute approximate surface area is 148 Å². The van der Waals surface area contributed by atoms with E-state index in [0.717, 1.165) is 22.6 Å². The van der Waals surface area contributed by atoms with Crippen molar-refractivity contribution >= 4 is 5.71 Å². The summed E-state index contributed by atoms with van der Waals surface area (Å²) in [6, 6.07) is 13.5. The third-order valence-corrected chi connectivity index (χ3v) is 4.32. The van der Waals surface area contributed by atoms with Gasteiger partial charge in [-0.3, -0.25) is 10.3 Å². The van der Waals surface area contributed by atoms with Crippen LogP contribution in [0.1, 0.15) is 37.4 Å². The predicted molar refractivity (Wildman–Crippen MR) is 98.8 cm³/mol. The Balaban J connectivity index is 1.88. The van der Waals surface area contributed by atoms with Crippen LogP contribution >= 0.6 is 0 Å². The molecule has 0 fully saturated rings. The standard InChI is InChI=1S/C20H24N2O3/c1-4-25-19-7-5-6-16(20(19)23)18-12-17(21-13(2)22-18)14-8-10-15(24-3)11-9-14/h5-11,13,18,22-23H,4,12H2,1-3H3. The molecule has 0 saturated heterocycles. The molecule has 5 heteroatoms. The highest BCUT2D eigenvalue weighted by Gasteiger charge is 2.25. The molecule has 5 nitrogen and oxygen atoms in total. The van der Waals surface area contributed by atoms with Gasteiger partial charge in [-0.15, -0.1) is 0 Å². The average molecular weight is 340 g/mol. The Bertz CT molecular complexity index is 756. The van der Waals surface area contributed by atoms with Crippen molar-refractivity contribution in [2.24, 2.45) is 4.99 Å². The van der Waals surface area contributed by atoms with Gasteiger partial charge >= 0.3 is 0 Å². The summed E-state index contributed by atoms with van der Waals surface area (Å²) in [5, 5.41) is 14.0. The largest absolute Gasteiger partial charge is 0.504 e. The fourth-order valence-electron chi connectivity index (χ4n) is 3.14. The van der Waals surface area contributed by atoms with E-state index in [-0.39, 0.29) is 18.0 Å². The molecular weight excluding hydrogens is 316 g/mol. The van der Waals surface area contributed by atoms with Crippen molar-refractivity contribution in [1.82, 2.24) is 5.32 Å². The monoisotopic (exact) mass is 340 g/mol. The van der Waals surface area contributed by atoms with E-state index in [0.29, 0.717) is 18.8 Å². The molecular formula is C20H24N2O3. The number of phenols is 1. The topological polar surface area (TPSA) is 63.1 Å². The average Bonchev–Trinajstić information content (AvgIpc) is 2.63. The first-order chi connectivity index (χ1) is 12.1. The molecule has 2 atom stereocenters. The molecule has 2 N–H and O–H groups in total. The quantitative estimate of drug-likeness (QED) is 0.872. The summed E-state index contributed by atoms with van der Waals surface area (Å²) in [4.78, 5) is 4.72. The minimum absolute atomic E-state index is 0.0231. The lowest BCUT2D eigenvalue weighted by molar-refractivity contribution is 0.313. The molecule has 1 aliphatic heterocycles. The maximum absolute atomic E-state index is 10.6. The summed E-state index contributed by atoms with van der Waals surface area (Å²) < 4.78 is 10.7. The SMILES string of the molecule is CCOc1cccc(C2CC(c3ccc(OC)cc3)=NC(C)N2)c1O. The maximum atomic E-state index is 10.6. The van der Waals surface area contributed by atoms with Crippen molar-refractivity contribution in [1.29, 1.82) is 0 Å². The van der Waals surface area contributed by atoms with Gasteiger partial charge in [0.25, 0.3) is 0 Å². The highest BCUT2D eigenvalue weighted by Crippen LogP contribution is 2.37. The molecule has 0 radical (unpaired) electrons. The number of methoxy groups -OCH3 is 1. The maximum Gasteiger partial charge on any atom is 0.162 e. The number of phenolic OH excluding ortho intramolecular Hbond substituents is 1. The first kappa shape index (κ1) is 17.3. The smallest absolute Gasteiger partial charge is 0.162 e. The number of ether oxygens (including phenoxy) is 2. The molecule has 3 rings (SSSR count). The van der Waals surface area contributed by atoms with E-state index in [1.807, 2.05) is 50.2 Å². The fraction of sp³-hybridized carbons (Fsp3) is 0.350. The highest BCUT2D eigenvalue weighted by atomic mass is 16.5. The summed E-state index contributed by atoms with van der Waals surface area (Å²) in [6.07, 6.45) is 0.658. The Kier molecular flexibility index (Phi) is 5.24. The van der Waals surface area contributed by atoms with Gasteiger partial charge in [-0.1, -0.05) is 12.1 Å². The number of aliphatic imine (C=N–C) groups is 1. The Morgan fingerprint density at radius 1 is 1.20 bits per heavy atom. The molecule has 0 bridgehead atoms. The number of aromatic hydroxyl groups is 1. The lowest BCUT2D eigenvalue weighted by atomic mass is 9.94. The minimum atomic E-state index is -0.0361. The molecule has 1 aliphatic rings. The van der Waals surface area contributed by atoms with Crippen LogP contribution in [0.3, 0.4) is 0 Å². The Hall–Kier alpha value is -2.53. The lowest BCUT2D eigenvalue weighted by Gasteiger charge is -2.29. The van der Waals surface area contributed by atoms with Gasteiger partial charge < -0.3 is 14.6 Å². The molecule has 0 spiro atoms. The van der Waals surface area contributed by atoms with E-state index in [9.17, 15) is 5.11 Å². The van der Waals surface area contributed by atoms with Gasteiger partial charge in [0, 0.05) is 23.7 Å². The molecule has 0 amide bonds. The van der Waals surface area contributed by atoms with E-state index in [4.69, 9.17) is 14.5 Å². The summed E-state index contributed by atoms with van der Waals surface area (Å²) >= 11 is 0. The van der Waals surface area contributed by atoms with E-state index in [1.54, 1.807) is 13.2 Å². The number of nitrogens with one attached hydrogen (secondary N) is 1. The van der Waals surface area contributed by atoms with Crippen LogP contribution in [0.5, 0.6) is 17.2 Å². The molecule has 132 valence electrons. The number of nitrogens with zero attached hydrogens (tertiary/aromatic N) is 1. The highest BCUT2D eigenvalue weighted by molar-refractivity contribution is 6.01. The fourth-order valence-corrected chi connectivity index (χ4v) is 3.14. The lowest BCUT2D eigenvalue weighted by Crippen LogP contribution is -2.36. The van der Waals surface area contributed by atoms with Crippen LogP contribution < -0.4 is 14.8 Å². The molecule has 2 unspecified atom stereocenters. The van der Waals surface area contributed by atoms with Crippen molar-refractivity contribution in [3.63, 3.8) is 0 Å². The van der Waals surface area contributed by atoms with Crippen LogP contribution in [0.4, 0.5) is 0 Å². The molecule has 0 saturated carbocycles. The van der Waals surface area contributed by atoms with Crippen LogP contribution in [0.25, 0.3) is 0 Å². The molecule has 2 aromatic rings. The van der Waals surface area contributed by atoms with Gasteiger partial charge in [-0.2, -0.15) is 0 Å². The van der Waals surface area contributed by atoms with Gasteiger partial charge in [0.05, 0.1) is 19.9 Å². The van der Waals surface area contributed by atoms with Crippen molar-refractivity contribution < 1.29 is 14.6 Å². The number of benzene rings is 2. The van der Waals surface area contributed by atoms with Gasteiger partial charge in [0.2, 0.25) is 0 Å². The van der Waals surface area contributed by atoms with Gasteiger partial charge in [0.15, 0.2) is 11.5 Å². The normalized spacial score (nSPS) is 20.0. The minimum Gasteiger partial charge on any atom is -0.504 e. The third kappa shape index (κ3) is 3.77. The summed E-state index contributed by atoms with van der Waals surface area (Å²) in [5.41, 5.74) is 2.92. The second-order valence-corrected chi connectivity index (χ2v) is 6.03. The zero-order chi connectivity index (χ0) is 17.8. The predicted octanol–water partition coefficient (Wildman–Crippen LogP) is 3.67. The molecule has 25 heavy (non-hydrogen) atoms. The molecule has 0 aliphatic carbocycles. The second-order valence-electron chi connectivity index (χ2n) is 6.03.